The molecule has 2 atom stereocenters. The summed E-state index contributed by atoms with van der Waals surface area (Å²) in [7, 11) is 0. The summed E-state index contributed by atoms with van der Waals surface area (Å²) in [5, 5.41) is 16.2. The number of nitrogens with one attached hydrogen (secondary N) is 2. The van der Waals surface area contributed by atoms with Gasteiger partial charge in [0.2, 0.25) is 5.91 Å². The van der Waals surface area contributed by atoms with Gasteiger partial charge in [-0.25, -0.2) is 4.79 Å². The summed E-state index contributed by atoms with van der Waals surface area (Å²) < 4.78 is 5.42. The number of aryl methyl sites for hydroxylation is 2. The molecule has 0 fully saturated rings. The van der Waals surface area contributed by atoms with Gasteiger partial charge in [-0.05, 0) is 88.3 Å². The first-order valence-electron chi connectivity index (χ1n) is 13.3. The Balaban J connectivity index is 2.58. The fourth-order valence-electron chi connectivity index (χ4n) is 4.25. The Hall–Kier alpha value is -3.26. The maximum absolute atomic E-state index is 14.1. The number of rotatable bonds is 10. The second-order valence-electron chi connectivity index (χ2n) is 11.2. The Morgan fingerprint density at radius 1 is 1.08 bits per heavy atom. The molecular formula is C30H42ClN3O5. The zero-order valence-corrected chi connectivity index (χ0v) is 25.0. The van der Waals surface area contributed by atoms with Crippen LogP contribution < -0.4 is 10.6 Å². The number of anilines is 1. The SMILES string of the molecule is CCCN(C(=O)C(CC(C)C)NC(=O)OC(C)(C)C)C(C(=O)Nc1c(C)cccc1Cl)c1ccc(O)c(C)c1. The molecule has 0 aromatic heterocycles. The average molecular weight is 560 g/mol. The number of carbonyl (C=O) groups is 3. The van der Waals surface area contributed by atoms with Gasteiger partial charge in [-0.2, -0.15) is 0 Å². The summed E-state index contributed by atoms with van der Waals surface area (Å²) in [5.41, 5.74) is 1.58. The monoisotopic (exact) mass is 559 g/mol. The highest BCUT2D eigenvalue weighted by molar-refractivity contribution is 6.34. The maximum atomic E-state index is 14.1. The Bertz CT molecular complexity index is 1160. The van der Waals surface area contributed by atoms with E-state index in [1.54, 1.807) is 52.0 Å². The van der Waals surface area contributed by atoms with Gasteiger partial charge in [0.05, 0.1) is 10.7 Å². The summed E-state index contributed by atoms with van der Waals surface area (Å²) in [6.45, 7) is 14.9. The van der Waals surface area contributed by atoms with Gasteiger partial charge in [-0.15, -0.1) is 0 Å². The lowest BCUT2D eigenvalue weighted by atomic mass is 9.97. The van der Waals surface area contributed by atoms with E-state index >= 15 is 0 Å². The Morgan fingerprint density at radius 3 is 2.28 bits per heavy atom. The molecule has 0 radical (unpaired) electrons. The smallest absolute Gasteiger partial charge is 0.408 e. The van der Waals surface area contributed by atoms with Crippen LogP contribution in [0.25, 0.3) is 0 Å². The quantitative estimate of drug-likeness (QED) is 0.307. The number of para-hydroxylation sites is 1. The maximum Gasteiger partial charge on any atom is 0.408 e. The molecule has 2 aromatic rings. The van der Waals surface area contributed by atoms with Crippen LogP contribution in [0.4, 0.5) is 10.5 Å². The van der Waals surface area contributed by atoms with Crippen LogP contribution in [-0.2, 0) is 14.3 Å². The highest BCUT2D eigenvalue weighted by Crippen LogP contribution is 2.31. The minimum Gasteiger partial charge on any atom is -0.508 e. The molecule has 0 heterocycles. The van der Waals surface area contributed by atoms with Crippen molar-refractivity contribution in [3.63, 3.8) is 0 Å². The molecule has 3 N–H and O–H groups in total. The minimum atomic E-state index is -1.05. The van der Waals surface area contributed by atoms with E-state index in [-0.39, 0.29) is 18.2 Å². The molecule has 39 heavy (non-hydrogen) atoms. The molecule has 2 unspecified atom stereocenters. The van der Waals surface area contributed by atoms with Crippen molar-refractivity contribution in [2.24, 2.45) is 5.92 Å². The van der Waals surface area contributed by atoms with Crippen molar-refractivity contribution >= 4 is 35.2 Å². The molecule has 0 aliphatic heterocycles. The van der Waals surface area contributed by atoms with Crippen molar-refractivity contribution in [3.8, 4) is 5.75 Å². The number of hydrogen-bond donors (Lipinski definition) is 3. The predicted octanol–water partition coefficient (Wildman–Crippen LogP) is 6.52. The molecule has 3 amide bonds. The van der Waals surface area contributed by atoms with E-state index in [0.717, 1.165) is 5.56 Å². The van der Waals surface area contributed by atoms with E-state index in [9.17, 15) is 19.5 Å². The largest absolute Gasteiger partial charge is 0.508 e. The fraction of sp³-hybridized carbons (Fsp3) is 0.500. The van der Waals surface area contributed by atoms with Crippen molar-refractivity contribution in [2.45, 2.75) is 85.9 Å². The van der Waals surface area contributed by atoms with Gasteiger partial charge in [-0.1, -0.05) is 50.6 Å². The van der Waals surface area contributed by atoms with Gasteiger partial charge >= 0.3 is 6.09 Å². The third-order valence-corrected chi connectivity index (χ3v) is 6.33. The van der Waals surface area contributed by atoms with E-state index in [4.69, 9.17) is 16.3 Å². The van der Waals surface area contributed by atoms with Gasteiger partial charge in [0.1, 0.15) is 23.4 Å². The number of benzene rings is 2. The number of alkyl carbamates (subject to hydrolysis) is 1. The van der Waals surface area contributed by atoms with Crippen LogP contribution in [0.3, 0.4) is 0 Å². The zero-order chi connectivity index (χ0) is 29.5. The molecule has 2 rings (SSSR count). The van der Waals surface area contributed by atoms with E-state index in [1.807, 2.05) is 33.8 Å². The van der Waals surface area contributed by atoms with Crippen LogP contribution in [0.5, 0.6) is 5.75 Å². The van der Waals surface area contributed by atoms with Crippen molar-refractivity contribution in [1.29, 1.82) is 0 Å². The molecule has 2 aromatic carbocycles. The molecule has 0 aliphatic carbocycles. The number of hydrogen-bond acceptors (Lipinski definition) is 5. The number of phenols is 1. The first-order valence-corrected chi connectivity index (χ1v) is 13.7. The molecule has 214 valence electrons. The summed E-state index contributed by atoms with van der Waals surface area (Å²) in [6, 6.07) is 8.16. The standard InChI is InChI=1S/C30H42ClN3O5/c1-9-15-34(28(37)23(16-18(2)3)32-29(38)39-30(6,7)8)26(21-13-14-24(35)20(5)17-21)27(36)33-25-19(4)11-10-12-22(25)31/h10-14,17-18,23,26,35H,9,15-16H2,1-8H3,(H,32,38)(H,33,36). The molecule has 0 spiro atoms. The van der Waals surface area contributed by atoms with Crippen molar-refractivity contribution in [1.82, 2.24) is 10.2 Å². The Morgan fingerprint density at radius 2 is 1.74 bits per heavy atom. The van der Waals surface area contributed by atoms with Gasteiger partial charge in [0, 0.05) is 6.54 Å². The average Bonchev–Trinajstić information content (AvgIpc) is 2.81. The third-order valence-electron chi connectivity index (χ3n) is 6.01. The molecule has 0 saturated carbocycles. The molecule has 8 nitrogen and oxygen atoms in total. The van der Waals surface area contributed by atoms with Crippen LogP contribution in [0.1, 0.15) is 77.1 Å². The fourth-order valence-corrected chi connectivity index (χ4v) is 4.52. The topological polar surface area (TPSA) is 108 Å². The van der Waals surface area contributed by atoms with E-state index in [2.05, 4.69) is 10.6 Å². The molecular weight excluding hydrogens is 518 g/mol. The number of nitrogens with zero attached hydrogens (tertiary/aromatic N) is 1. The van der Waals surface area contributed by atoms with Crippen LogP contribution in [-0.4, -0.2) is 46.1 Å². The highest BCUT2D eigenvalue weighted by Gasteiger charge is 2.36. The predicted molar refractivity (Wildman–Crippen MR) is 155 cm³/mol. The van der Waals surface area contributed by atoms with Gasteiger partial charge in [0.25, 0.3) is 5.91 Å². The number of carbonyl (C=O) groups excluding carboxylic acids is 3. The van der Waals surface area contributed by atoms with Gasteiger partial charge in [-0.3, -0.25) is 9.59 Å². The number of ether oxygens (including phenoxy) is 1. The Labute approximate surface area is 237 Å². The summed E-state index contributed by atoms with van der Waals surface area (Å²) in [6.07, 6.45) is 0.217. The first kappa shape index (κ1) is 32.0. The summed E-state index contributed by atoms with van der Waals surface area (Å²) >= 11 is 6.40. The number of amides is 3. The van der Waals surface area contributed by atoms with Gasteiger partial charge in [0.15, 0.2) is 0 Å². The second kappa shape index (κ2) is 13.7. The van der Waals surface area contributed by atoms with Crippen LogP contribution in [0, 0.1) is 19.8 Å². The van der Waals surface area contributed by atoms with E-state index < -0.39 is 35.6 Å². The molecule has 0 bridgehead atoms. The second-order valence-corrected chi connectivity index (χ2v) is 11.6. The molecule has 0 aliphatic rings. The van der Waals surface area contributed by atoms with Crippen LogP contribution >= 0.6 is 11.6 Å². The Kier molecular flexibility index (Phi) is 11.2. The summed E-state index contributed by atoms with van der Waals surface area (Å²) in [4.78, 5) is 42.2. The highest BCUT2D eigenvalue weighted by atomic mass is 35.5. The molecule has 0 saturated heterocycles. The number of phenolic OH excluding ortho intramolecular Hbond substituents is 1. The first-order chi connectivity index (χ1) is 18.1. The normalized spacial score (nSPS) is 13.0. The number of aromatic hydroxyl groups is 1. The van der Waals surface area contributed by atoms with Gasteiger partial charge < -0.3 is 25.4 Å². The van der Waals surface area contributed by atoms with Crippen molar-refractivity contribution in [2.75, 3.05) is 11.9 Å². The molecule has 9 heteroatoms. The third kappa shape index (κ3) is 9.17. The zero-order valence-electron chi connectivity index (χ0n) is 24.2. The summed E-state index contributed by atoms with van der Waals surface area (Å²) in [5.74, 6) is -0.708. The lowest BCUT2D eigenvalue weighted by molar-refractivity contribution is -0.141. The lowest BCUT2D eigenvalue weighted by Gasteiger charge is -2.35. The minimum absolute atomic E-state index is 0.0753. The van der Waals surface area contributed by atoms with Crippen molar-refractivity contribution in [3.05, 3.63) is 58.1 Å². The van der Waals surface area contributed by atoms with Crippen LogP contribution in [0.2, 0.25) is 5.02 Å². The van der Waals surface area contributed by atoms with E-state index in [1.165, 1.54) is 11.0 Å². The van der Waals surface area contributed by atoms with Crippen molar-refractivity contribution < 1.29 is 24.2 Å². The van der Waals surface area contributed by atoms with Crippen LogP contribution in [0.15, 0.2) is 36.4 Å². The number of halogens is 1. The lowest BCUT2D eigenvalue weighted by Crippen LogP contribution is -2.53. The van der Waals surface area contributed by atoms with E-state index in [0.29, 0.717) is 34.7 Å².